The molecule has 21 heavy (non-hydrogen) atoms. The molecular weight excluding hydrogens is 311 g/mol. The normalized spacial score (nSPS) is 10.6. The van der Waals surface area contributed by atoms with Crippen LogP contribution in [0, 0.1) is 0 Å². The van der Waals surface area contributed by atoms with E-state index in [4.69, 9.17) is 27.9 Å². The Morgan fingerprint density at radius 1 is 1.19 bits per heavy atom. The quantitative estimate of drug-likeness (QED) is 0.733. The smallest absolute Gasteiger partial charge is 0.341 e. The van der Waals surface area contributed by atoms with Gasteiger partial charge in [-0.2, -0.15) is 4.98 Å². The molecule has 0 spiro atoms. The highest BCUT2D eigenvalue weighted by Crippen LogP contribution is 2.30. The van der Waals surface area contributed by atoms with Crippen molar-refractivity contribution in [3.8, 4) is 11.8 Å². The number of rotatable bonds is 4. The minimum Gasteiger partial charge on any atom is -0.422 e. The van der Waals surface area contributed by atoms with Crippen LogP contribution in [0.4, 0.5) is 0 Å². The Morgan fingerprint density at radius 3 is 2.86 bits per heavy atom. The van der Waals surface area contributed by atoms with Crippen LogP contribution in [0.25, 0.3) is 0 Å². The number of halogens is 2. The predicted molar refractivity (Wildman–Crippen MR) is 79.9 cm³/mol. The molecule has 2 heterocycles. The van der Waals surface area contributed by atoms with Gasteiger partial charge >= 0.3 is 6.01 Å². The van der Waals surface area contributed by atoms with Crippen molar-refractivity contribution in [3.05, 3.63) is 64.7 Å². The van der Waals surface area contributed by atoms with E-state index in [9.17, 15) is 0 Å². The van der Waals surface area contributed by atoms with Crippen LogP contribution in [-0.4, -0.2) is 19.7 Å². The van der Waals surface area contributed by atoms with Crippen molar-refractivity contribution >= 4 is 23.2 Å². The zero-order valence-electron chi connectivity index (χ0n) is 10.8. The second-order valence-electron chi connectivity index (χ2n) is 4.26. The van der Waals surface area contributed by atoms with Crippen LogP contribution in [0.1, 0.15) is 5.56 Å². The highest BCUT2D eigenvalue weighted by Gasteiger charge is 2.08. The van der Waals surface area contributed by atoms with Crippen LogP contribution in [0.15, 0.2) is 49.1 Å². The lowest BCUT2D eigenvalue weighted by atomic mass is 10.3. The Kier molecular flexibility index (Phi) is 4.03. The Hall–Kier alpha value is -2.11. The van der Waals surface area contributed by atoms with Gasteiger partial charge in [0.05, 0.1) is 11.6 Å². The monoisotopic (exact) mass is 320 g/mol. The van der Waals surface area contributed by atoms with E-state index >= 15 is 0 Å². The summed E-state index contributed by atoms with van der Waals surface area (Å²) in [6.07, 6.45) is 5.09. The highest BCUT2D eigenvalue weighted by atomic mass is 35.5. The first-order valence-corrected chi connectivity index (χ1v) is 6.87. The van der Waals surface area contributed by atoms with Crippen LogP contribution >= 0.6 is 23.2 Å². The van der Waals surface area contributed by atoms with E-state index in [0.29, 0.717) is 22.3 Å². The standard InChI is InChI=1S/C14H10Cl2N4O/c15-11-3-4-13(12(16)6-11)21-14-18-9-20(19-14)8-10-2-1-5-17-7-10/h1-7,9H,8H2. The maximum Gasteiger partial charge on any atom is 0.341 e. The molecule has 0 bridgehead atoms. The number of hydrogen-bond donors (Lipinski definition) is 0. The molecule has 1 aromatic carbocycles. The van der Waals surface area contributed by atoms with Gasteiger partial charge in [-0.1, -0.05) is 29.3 Å². The SMILES string of the molecule is Clc1ccc(Oc2ncn(Cc3cccnc3)n2)c(Cl)c1. The minimum atomic E-state index is 0.225. The molecule has 0 fully saturated rings. The van der Waals surface area contributed by atoms with Crippen molar-refractivity contribution in [1.29, 1.82) is 0 Å². The summed E-state index contributed by atoms with van der Waals surface area (Å²) in [5.74, 6) is 0.459. The Morgan fingerprint density at radius 2 is 2.10 bits per heavy atom. The van der Waals surface area contributed by atoms with E-state index in [0.717, 1.165) is 5.56 Å². The molecule has 106 valence electrons. The van der Waals surface area contributed by atoms with E-state index in [1.165, 1.54) is 0 Å². The van der Waals surface area contributed by atoms with E-state index in [-0.39, 0.29) is 6.01 Å². The topological polar surface area (TPSA) is 52.8 Å². The van der Waals surface area contributed by atoms with Crippen molar-refractivity contribution in [2.24, 2.45) is 0 Å². The average Bonchev–Trinajstić information content (AvgIpc) is 2.90. The van der Waals surface area contributed by atoms with E-state index in [1.807, 2.05) is 12.1 Å². The van der Waals surface area contributed by atoms with Gasteiger partial charge in [-0.15, -0.1) is 5.10 Å². The second-order valence-corrected chi connectivity index (χ2v) is 5.11. The van der Waals surface area contributed by atoms with Gasteiger partial charge in [0.1, 0.15) is 12.1 Å². The molecule has 0 atom stereocenters. The summed E-state index contributed by atoms with van der Waals surface area (Å²) in [5.41, 5.74) is 1.03. The van der Waals surface area contributed by atoms with Gasteiger partial charge in [0, 0.05) is 17.4 Å². The Labute approximate surface area is 131 Å². The third-order valence-electron chi connectivity index (χ3n) is 2.68. The molecule has 0 amide bonds. The lowest BCUT2D eigenvalue weighted by Gasteiger charge is -2.03. The molecule has 0 unspecified atom stereocenters. The molecule has 5 nitrogen and oxygen atoms in total. The highest BCUT2D eigenvalue weighted by molar-refractivity contribution is 6.35. The molecule has 3 aromatic rings. The maximum absolute atomic E-state index is 6.04. The fourth-order valence-electron chi connectivity index (χ4n) is 1.74. The molecule has 0 N–H and O–H groups in total. The lowest BCUT2D eigenvalue weighted by Crippen LogP contribution is -2.00. The van der Waals surface area contributed by atoms with Crippen LogP contribution in [0.5, 0.6) is 11.8 Å². The summed E-state index contributed by atoms with van der Waals surface area (Å²) < 4.78 is 7.20. The maximum atomic E-state index is 6.04. The Balaban J connectivity index is 1.73. The zero-order valence-corrected chi connectivity index (χ0v) is 12.3. The van der Waals surface area contributed by atoms with Gasteiger partial charge in [0.15, 0.2) is 0 Å². The number of aromatic nitrogens is 4. The van der Waals surface area contributed by atoms with Gasteiger partial charge in [-0.05, 0) is 29.8 Å². The molecule has 7 heteroatoms. The molecule has 0 saturated carbocycles. The van der Waals surface area contributed by atoms with Crippen LogP contribution in [0.3, 0.4) is 0 Å². The zero-order chi connectivity index (χ0) is 14.7. The number of pyridine rings is 1. The van der Waals surface area contributed by atoms with Gasteiger partial charge in [0.25, 0.3) is 0 Å². The minimum absolute atomic E-state index is 0.225. The number of benzene rings is 1. The van der Waals surface area contributed by atoms with Gasteiger partial charge in [0.2, 0.25) is 0 Å². The van der Waals surface area contributed by atoms with Crippen LogP contribution in [-0.2, 0) is 6.54 Å². The summed E-state index contributed by atoms with van der Waals surface area (Å²) in [4.78, 5) is 8.14. The largest absolute Gasteiger partial charge is 0.422 e. The van der Waals surface area contributed by atoms with Crippen molar-refractivity contribution in [1.82, 2.24) is 19.7 Å². The third-order valence-corrected chi connectivity index (χ3v) is 3.21. The molecule has 0 aliphatic rings. The van der Waals surface area contributed by atoms with E-state index < -0.39 is 0 Å². The first-order chi connectivity index (χ1) is 10.2. The van der Waals surface area contributed by atoms with E-state index in [2.05, 4.69) is 15.1 Å². The fraction of sp³-hybridized carbons (Fsp3) is 0.0714. The summed E-state index contributed by atoms with van der Waals surface area (Å²) >= 11 is 11.9. The number of hydrogen-bond acceptors (Lipinski definition) is 4. The first kappa shape index (κ1) is 13.9. The lowest BCUT2D eigenvalue weighted by molar-refractivity contribution is 0.437. The average molecular weight is 321 g/mol. The van der Waals surface area contributed by atoms with Crippen molar-refractivity contribution in [2.75, 3.05) is 0 Å². The fourth-order valence-corrected chi connectivity index (χ4v) is 2.18. The molecule has 0 saturated heterocycles. The van der Waals surface area contributed by atoms with Crippen LogP contribution in [0.2, 0.25) is 10.0 Å². The molecule has 0 radical (unpaired) electrons. The van der Waals surface area contributed by atoms with Crippen LogP contribution < -0.4 is 4.74 Å². The molecule has 0 aliphatic carbocycles. The first-order valence-electron chi connectivity index (χ1n) is 6.12. The van der Waals surface area contributed by atoms with Gasteiger partial charge < -0.3 is 4.74 Å². The summed E-state index contributed by atoms with van der Waals surface area (Å²) in [5, 5.41) is 5.18. The summed E-state index contributed by atoms with van der Waals surface area (Å²) in [6, 6.07) is 9.03. The third kappa shape index (κ3) is 3.51. The Bertz CT molecular complexity index is 746. The predicted octanol–water partition coefficient (Wildman–Crippen LogP) is 3.82. The molecular formula is C14H10Cl2N4O. The van der Waals surface area contributed by atoms with Gasteiger partial charge in [-0.25, -0.2) is 4.68 Å². The molecule has 2 aromatic heterocycles. The van der Waals surface area contributed by atoms with Crippen molar-refractivity contribution in [3.63, 3.8) is 0 Å². The second kappa shape index (κ2) is 6.11. The molecule has 3 rings (SSSR count). The molecule has 0 aliphatic heterocycles. The number of nitrogens with zero attached hydrogens (tertiary/aromatic N) is 4. The van der Waals surface area contributed by atoms with Crippen molar-refractivity contribution < 1.29 is 4.74 Å². The summed E-state index contributed by atoms with van der Waals surface area (Å²) in [7, 11) is 0. The van der Waals surface area contributed by atoms with Gasteiger partial charge in [-0.3, -0.25) is 4.98 Å². The van der Waals surface area contributed by atoms with Crippen molar-refractivity contribution in [2.45, 2.75) is 6.54 Å². The van der Waals surface area contributed by atoms with E-state index in [1.54, 1.807) is 41.6 Å². The summed E-state index contributed by atoms with van der Waals surface area (Å²) in [6.45, 7) is 0.568. The number of ether oxygens (including phenoxy) is 1.